The molecular formula is C5H7BrN2O. The summed E-state index contributed by atoms with van der Waals surface area (Å²) in [6.07, 6.45) is 7.80. The highest BCUT2D eigenvalue weighted by atomic mass is 79.9. The molecular weight excluding hydrogens is 184 g/mol. The lowest BCUT2D eigenvalue weighted by atomic mass is 10.6. The summed E-state index contributed by atoms with van der Waals surface area (Å²) in [6, 6.07) is 0. The van der Waals surface area contributed by atoms with Crippen LogP contribution in [0, 0.1) is 0 Å². The van der Waals surface area contributed by atoms with Gasteiger partial charge in [-0.25, -0.2) is 10.1 Å². The Morgan fingerprint density at radius 2 is 2.11 bits per heavy atom. The van der Waals surface area contributed by atoms with Crippen molar-refractivity contribution in [3.8, 4) is 0 Å². The predicted octanol–water partition coefficient (Wildman–Crippen LogP) is 1.32. The molecule has 1 aliphatic heterocycles. The lowest BCUT2D eigenvalue weighted by Gasteiger charge is -1.98. The number of rotatable bonds is 0. The average Bonchev–Trinajstić information content (AvgIpc) is 1.94. The van der Waals surface area contributed by atoms with Gasteiger partial charge in [0.25, 0.3) is 0 Å². The van der Waals surface area contributed by atoms with Crippen LogP contribution in [0.3, 0.4) is 0 Å². The Hall–Kier alpha value is -0.610. The number of nitrogens with zero attached hydrogens (tertiary/aromatic N) is 2. The fraction of sp³-hybridized carbons (Fsp3) is 0. The topological polar surface area (TPSA) is 35.8 Å². The normalized spacial score (nSPS) is 15.0. The van der Waals surface area contributed by atoms with Gasteiger partial charge in [0.2, 0.25) is 0 Å². The Morgan fingerprint density at radius 1 is 1.33 bits per heavy atom. The van der Waals surface area contributed by atoms with Gasteiger partial charge < -0.3 is 0 Å². The molecule has 0 saturated heterocycles. The third-order valence-corrected chi connectivity index (χ3v) is 0.707. The second-order valence-electron chi connectivity index (χ2n) is 1.33. The van der Waals surface area contributed by atoms with E-state index in [2.05, 4.69) is 4.99 Å². The van der Waals surface area contributed by atoms with Crippen molar-refractivity contribution in [1.29, 1.82) is 0 Å². The van der Waals surface area contributed by atoms with Crippen molar-refractivity contribution in [3.05, 3.63) is 24.6 Å². The van der Waals surface area contributed by atoms with E-state index in [1.165, 1.54) is 12.5 Å². The Balaban J connectivity index is 0.000000640. The number of hydrogen-bond acceptors (Lipinski definition) is 3. The van der Waals surface area contributed by atoms with E-state index in [-0.39, 0.29) is 17.0 Å². The van der Waals surface area contributed by atoms with E-state index in [1.807, 2.05) is 0 Å². The molecule has 3 nitrogen and oxygen atoms in total. The smallest absolute Gasteiger partial charge is 0.120 e. The van der Waals surface area contributed by atoms with Crippen molar-refractivity contribution in [2.24, 2.45) is 4.99 Å². The van der Waals surface area contributed by atoms with Crippen LogP contribution in [0.5, 0.6) is 0 Å². The standard InChI is InChI=1S/C5H6N2O.BrH/c8-7-4-2-1-3-6-5-7;/h1-5,8H;1H. The first kappa shape index (κ1) is 8.39. The van der Waals surface area contributed by atoms with Gasteiger partial charge in [-0.15, -0.1) is 17.0 Å². The number of aliphatic imine (C=N–C) groups is 1. The minimum absolute atomic E-state index is 0. The molecule has 0 fully saturated rings. The van der Waals surface area contributed by atoms with Crippen LogP contribution in [0.2, 0.25) is 0 Å². The molecule has 1 heterocycles. The minimum Gasteiger partial charge on any atom is -0.283 e. The van der Waals surface area contributed by atoms with Gasteiger partial charge in [-0.1, -0.05) is 0 Å². The van der Waals surface area contributed by atoms with Crippen LogP contribution < -0.4 is 0 Å². The number of hydroxylamine groups is 2. The lowest BCUT2D eigenvalue weighted by molar-refractivity contribution is 0.0443. The summed E-state index contributed by atoms with van der Waals surface area (Å²) < 4.78 is 0. The fourth-order valence-corrected chi connectivity index (χ4v) is 0.383. The molecule has 0 amide bonds. The first-order chi connectivity index (χ1) is 3.89. The molecule has 0 unspecified atom stereocenters. The molecule has 0 radical (unpaired) electrons. The largest absolute Gasteiger partial charge is 0.283 e. The highest BCUT2D eigenvalue weighted by Gasteiger charge is 1.83. The zero-order chi connectivity index (χ0) is 5.82. The van der Waals surface area contributed by atoms with E-state index in [4.69, 9.17) is 5.21 Å². The molecule has 0 bridgehead atoms. The van der Waals surface area contributed by atoms with Crippen LogP contribution in [-0.2, 0) is 0 Å². The zero-order valence-corrected chi connectivity index (χ0v) is 6.35. The van der Waals surface area contributed by atoms with Gasteiger partial charge in [-0.3, -0.25) is 5.21 Å². The van der Waals surface area contributed by atoms with E-state index >= 15 is 0 Å². The summed E-state index contributed by atoms with van der Waals surface area (Å²) in [5.74, 6) is 0. The Bertz CT molecular complexity index is 137. The summed E-state index contributed by atoms with van der Waals surface area (Å²) in [5.41, 5.74) is 0. The van der Waals surface area contributed by atoms with Gasteiger partial charge in [0, 0.05) is 12.4 Å². The Morgan fingerprint density at radius 3 is 2.89 bits per heavy atom. The highest BCUT2D eigenvalue weighted by Crippen LogP contribution is 1.86. The molecule has 0 aliphatic carbocycles. The maximum atomic E-state index is 8.65. The summed E-state index contributed by atoms with van der Waals surface area (Å²) in [4.78, 5) is 3.66. The first-order valence-corrected chi connectivity index (χ1v) is 2.23. The monoisotopic (exact) mass is 190 g/mol. The molecule has 0 atom stereocenters. The second-order valence-corrected chi connectivity index (χ2v) is 1.33. The van der Waals surface area contributed by atoms with Gasteiger partial charge in [-0.2, -0.15) is 0 Å². The van der Waals surface area contributed by atoms with Gasteiger partial charge in [0.05, 0.1) is 0 Å². The first-order valence-electron chi connectivity index (χ1n) is 2.23. The molecule has 1 rings (SSSR count). The van der Waals surface area contributed by atoms with Crippen LogP contribution in [0.25, 0.3) is 0 Å². The molecule has 0 aromatic rings. The maximum absolute atomic E-state index is 8.65. The summed E-state index contributed by atoms with van der Waals surface area (Å²) >= 11 is 0. The maximum Gasteiger partial charge on any atom is 0.120 e. The molecule has 50 valence electrons. The van der Waals surface area contributed by atoms with Crippen LogP contribution in [0.1, 0.15) is 0 Å². The fourth-order valence-electron chi connectivity index (χ4n) is 0.383. The molecule has 9 heavy (non-hydrogen) atoms. The minimum atomic E-state index is 0. The zero-order valence-electron chi connectivity index (χ0n) is 4.64. The van der Waals surface area contributed by atoms with E-state index in [9.17, 15) is 0 Å². The quantitative estimate of drug-likeness (QED) is 0.626. The summed E-state index contributed by atoms with van der Waals surface area (Å²) in [6.45, 7) is 0. The summed E-state index contributed by atoms with van der Waals surface area (Å²) in [7, 11) is 0. The molecule has 0 spiro atoms. The van der Waals surface area contributed by atoms with Crippen molar-refractivity contribution >= 4 is 23.3 Å². The molecule has 0 saturated carbocycles. The summed E-state index contributed by atoms with van der Waals surface area (Å²) in [5, 5.41) is 9.54. The van der Waals surface area contributed by atoms with Crippen LogP contribution in [-0.4, -0.2) is 16.6 Å². The number of hydrogen-bond donors (Lipinski definition) is 1. The highest BCUT2D eigenvalue weighted by molar-refractivity contribution is 8.93. The third kappa shape index (κ3) is 3.05. The van der Waals surface area contributed by atoms with Gasteiger partial charge in [-0.05, 0) is 12.2 Å². The van der Waals surface area contributed by atoms with Gasteiger partial charge in [0.1, 0.15) is 6.34 Å². The van der Waals surface area contributed by atoms with Crippen molar-refractivity contribution < 1.29 is 5.21 Å². The molecule has 1 N–H and O–H groups in total. The van der Waals surface area contributed by atoms with E-state index in [0.29, 0.717) is 0 Å². The third-order valence-electron chi connectivity index (χ3n) is 0.707. The average molecular weight is 191 g/mol. The van der Waals surface area contributed by atoms with Crippen molar-refractivity contribution in [1.82, 2.24) is 5.06 Å². The molecule has 0 aromatic heterocycles. The van der Waals surface area contributed by atoms with Gasteiger partial charge >= 0.3 is 0 Å². The van der Waals surface area contributed by atoms with E-state index < -0.39 is 0 Å². The van der Waals surface area contributed by atoms with E-state index in [0.717, 1.165) is 5.06 Å². The molecule has 1 aliphatic rings. The predicted molar refractivity (Wildman–Crippen MR) is 40.7 cm³/mol. The Kier molecular flexibility index (Phi) is 4.00. The van der Waals surface area contributed by atoms with Crippen molar-refractivity contribution in [2.75, 3.05) is 0 Å². The number of allylic oxidation sites excluding steroid dienone is 2. The SMILES string of the molecule is Br.ON1C=CC=CN=C1. The van der Waals surface area contributed by atoms with Crippen LogP contribution in [0.4, 0.5) is 0 Å². The second kappa shape index (κ2) is 4.29. The van der Waals surface area contributed by atoms with Crippen LogP contribution in [0.15, 0.2) is 29.5 Å². The van der Waals surface area contributed by atoms with Crippen molar-refractivity contribution in [3.63, 3.8) is 0 Å². The van der Waals surface area contributed by atoms with Gasteiger partial charge in [0.15, 0.2) is 0 Å². The lowest BCUT2D eigenvalue weighted by Crippen LogP contribution is -2.06. The van der Waals surface area contributed by atoms with E-state index in [1.54, 1.807) is 18.4 Å². The van der Waals surface area contributed by atoms with Crippen molar-refractivity contribution in [2.45, 2.75) is 0 Å². The Labute approximate surface area is 63.7 Å². The number of halogens is 1. The molecule has 0 aromatic carbocycles. The molecule has 4 heteroatoms. The van der Waals surface area contributed by atoms with Crippen LogP contribution >= 0.6 is 17.0 Å².